The van der Waals surface area contributed by atoms with Gasteiger partial charge in [0.15, 0.2) is 0 Å². The number of carbonyl (C=O) groups excluding carboxylic acids is 1. The fourth-order valence-electron chi connectivity index (χ4n) is 1.47. The van der Waals surface area contributed by atoms with E-state index in [1.54, 1.807) is 19.3 Å². The zero-order chi connectivity index (χ0) is 12.7. The maximum atomic E-state index is 11.5. The van der Waals surface area contributed by atoms with Gasteiger partial charge in [0.25, 0.3) is 0 Å². The topological polar surface area (TPSA) is 79.3 Å². The van der Waals surface area contributed by atoms with Crippen LogP contribution in [0, 0.1) is 0 Å². The average Bonchev–Trinajstić information content (AvgIpc) is 2.26. The number of amides is 1. The summed E-state index contributed by atoms with van der Waals surface area (Å²) in [5, 5.41) is 11.2. The molecule has 2 N–H and O–H groups in total. The number of hydrogen-bond acceptors (Lipinski definition) is 3. The number of hydrogen-bond donors (Lipinski definition) is 2. The number of aromatic nitrogens is 1. The van der Waals surface area contributed by atoms with Gasteiger partial charge in [-0.05, 0) is 31.0 Å². The number of nitrogens with one attached hydrogen (secondary N) is 1. The van der Waals surface area contributed by atoms with Crippen LogP contribution < -0.4 is 5.32 Å². The van der Waals surface area contributed by atoms with Gasteiger partial charge in [-0.25, -0.2) is 0 Å². The molecule has 0 saturated heterocycles. The molecule has 1 aromatic rings. The van der Waals surface area contributed by atoms with E-state index in [1.807, 2.05) is 12.1 Å². The van der Waals surface area contributed by atoms with Crippen molar-refractivity contribution in [2.24, 2.45) is 0 Å². The Morgan fingerprint density at radius 1 is 1.41 bits per heavy atom. The molecule has 1 unspecified atom stereocenters. The van der Waals surface area contributed by atoms with Crippen molar-refractivity contribution < 1.29 is 14.7 Å². The molecule has 1 rings (SSSR count). The molecule has 5 heteroatoms. The van der Waals surface area contributed by atoms with Crippen molar-refractivity contribution >= 4 is 11.9 Å². The third-order valence-electron chi connectivity index (χ3n) is 2.28. The first-order valence-corrected chi connectivity index (χ1v) is 5.48. The molecule has 1 atom stereocenters. The van der Waals surface area contributed by atoms with Crippen LogP contribution in [0.25, 0.3) is 0 Å². The Kier molecular flexibility index (Phi) is 5.13. The Hall–Kier alpha value is -1.91. The number of pyridine rings is 1. The largest absolute Gasteiger partial charge is 0.481 e. The second-order valence-electron chi connectivity index (χ2n) is 3.92. The van der Waals surface area contributed by atoms with Crippen LogP contribution >= 0.6 is 0 Å². The number of carboxylic acid groups (broad SMARTS) is 1. The normalized spacial score (nSPS) is 11.8. The third kappa shape index (κ3) is 5.65. The summed E-state index contributed by atoms with van der Waals surface area (Å²) in [6.45, 7) is 1.68. The van der Waals surface area contributed by atoms with Crippen molar-refractivity contribution in [3.05, 3.63) is 30.1 Å². The molecule has 92 valence electrons. The van der Waals surface area contributed by atoms with Gasteiger partial charge < -0.3 is 10.4 Å². The molecule has 1 amide bonds. The Morgan fingerprint density at radius 2 is 2.06 bits per heavy atom. The molecule has 0 spiro atoms. The van der Waals surface area contributed by atoms with Crippen LogP contribution in [-0.4, -0.2) is 28.0 Å². The summed E-state index contributed by atoms with van der Waals surface area (Å²) < 4.78 is 0. The van der Waals surface area contributed by atoms with E-state index < -0.39 is 5.97 Å². The first-order chi connectivity index (χ1) is 8.08. The van der Waals surface area contributed by atoms with Crippen molar-refractivity contribution in [3.8, 4) is 0 Å². The molecule has 1 heterocycles. The highest BCUT2D eigenvalue weighted by Gasteiger charge is 2.10. The second kappa shape index (κ2) is 6.62. The molecular formula is C12H16N2O3. The summed E-state index contributed by atoms with van der Waals surface area (Å²) >= 11 is 0. The van der Waals surface area contributed by atoms with Crippen molar-refractivity contribution in [1.82, 2.24) is 10.3 Å². The fraction of sp³-hybridized carbons (Fsp3) is 0.417. The number of nitrogens with zero attached hydrogens (tertiary/aromatic N) is 1. The van der Waals surface area contributed by atoms with Crippen LogP contribution in [-0.2, 0) is 16.0 Å². The molecule has 0 aliphatic rings. The quantitative estimate of drug-likeness (QED) is 0.772. The summed E-state index contributed by atoms with van der Waals surface area (Å²) in [5.74, 6) is -1.04. The standard InChI is InChI=1S/C12H16N2O3/c1-9(8-12(16)17)14-11(15)3-2-10-4-6-13-7-5-10/h4-7,9H,2-3,8H2,1H3,(H,14,15)(H,16,17). The lowest BCUT2D eigenvalue weighted by Crippen LogP contribution is -2.34. The van der Waals surface area contributed by atoms with E-state index in [0.29, 0.717) is 12.8 Å². The lowest BCUT2D eigenvalue weighted by atomic mass is 10.1. The Labute approximate surface area is 99.9 Å². The van der Waals surface area contributed by atoms with Crippen LogP contribution in [0.5, 0.6) is 0 Å². The first-order valence-electron chi connectivity index (χ1n) is 5.48. The Bertz CT molecular complexity index is 379. The van der Waals surface area contributed by atoms with Gasteiger partial charge in [-0.1, -0.05) is 0 Å². The molecule has 0 fully saturated rings. The second-order valence-corrected chi connectivity index (χ2v) is 3.92. The molecular weight excluding hydrogens is 220 g/mol. The fourth-order valence-corrected chi connectivity index (χ4v) is 1.47. The summed E-state index contributed by atoms with van der Waals surface area (Å²) in [7, 11) is 0. The lowest BCUT2D eigenvalue weighted by Gasteiger charge is -2.11. The predicted molar refractivity (Wildman–Crippen MR) is 62.4 cm³/mol. The molecule has 0 aliphatic carbocycles. The van der Waals surface area contributed by atoms with Crippen molar-refractivity contribution in [2.45, 2.75) is 32.2 Å². The lowest BCUT2D eigenvalue weighted by molar-refractivity contribution is -0.137. The van der Waals surface area contributed by atoms with Crippen LogP contribution in [0.1, 0.15) is 25.3 Å². The van der Waals surface area contributed by atoms with Crippen molar-refractivity contribution in [3.63, 3.8) is 0 Å². The van der Waals surface area contributed by atoms with Crippen LogP contribution in [0.15, 0.2) is 24.5 Å². The van der Waals surface area contributed by atoms with Gasteiger partial charge in [0.05, 0.1) is 6.42 Å². The van der Waals surface area contributed by atoms with E-state index in [9.17, 15) is 9.59 Å². The SMILES string of the molecule is CC(CC(=O)O)NC(=O)CCc1ccncc1. The maximum absolute atomic E-state index is 11.5. The van der Waals surface area contributed by atoms with Gasteiger partial charge in [0.1, 0.15) is 0 Å². The highest BCUT2D eigenvalue weighted by atomic mass is 16.4. The summed E-state index contributed by atoms with van der Waals surface area (Å²) in [4.78, 5) is 25.8. The van der Waals surface area contributed by atoms with E-state index in [2.05, 4.69) is 10.3 Å². The zero-order valence-electron chi connectivity index (χ0n) is 9.72. The first kappa shape index (κ1) is 13.2. The molecule has 0 aliphatic heterocycles. The van der Waals surface area contributed by atoms with E-state index in [1.165, 1.54) is 0 Å². The molecule has 17 heavy (non-hydrogen) atoms. The van der Waals surface area contributed by atoms with Gasteiger partial charge in [-0.15, -0.1) is 0 Å². The van der Waals surface area contributed by atoms with Crippen LogP contribution in [0.2, 0.25) is 0 Å². The predicted octanol–water partition coefficient (Wildman–Crippen LogP) is 0.994. The van der Waals surface area contributed by atoms with Crippen LogP contribution in [0.3, 0.4) is 0 Å². The smallest absolute Gasteiger partial charge is 0.305 e. The molecule has 0 bridgehead atoms. The molecule has 5 nitrogen and oxygen atoms in total. The Morgan fingerprint density at radius 3 is 2.65 bits per heavy atom. The van der Waals surface area contributed by atoms with Gasteiger partial charge in [0, 0.05) is 24.9 Å². The minimum absolute atomic E-state index is 0.0546. The van der Waals surface area contributed by atoms with E-state index in [-0.39, 0.29) is 18.4 Å². The zero-order valence-corrected chi connectivity index (χ0v) is 9.72. The molecule has 0 radical (unpaired) electrons. The van der Waals surface area contributed by atoms with E-state index in [4.69, 9.17) is 5.11 Å². The van der Waals surface area contributed by atoms with E-state index >= 15 is 0 Å². The number of carbonyl (C=O) groups is 2. The van der Waals surface area contributed by atoms with Gasteiger partial charge >= 0.3 is 5.97 Å². The van der Waals surface area contributed by atoms with Crippen molar-refractivity contribution in [1.29, 1.82) is 0 Å². The summed E-state index contributed by atoms with van der Waals surface area (Å²) in [6, 6.07) is 3.37. The third-order valence-corrected chi connectivity index (χ3v) is 2.28. The minimum atomic E-state index is -0.910. The van der Waals surface area contributed by atoms with Gasteiger partial charge in [-0.3, -0.25) is 14.6 Å². The van der Waals surface area contributed by atoms with Crippen LogP contribution in [0.4, 0.5) is 0 Å². The summed E-state index contributed by atoms with van der Waals surface area (Å²) in [5.41, 5.74) is 1.04. The minimum Gasteiger partial charge on any atom is -0.481 e. The Balaban J connectivity index is 2.28. The summed E-state index contributed by atoms with van der Waals surface area (Å²) in [6.07, 6.45) is 4.30. The monoisotopic (exact) mass is 236 g/mol. The molecule has 1 aromatic heterocycles. The maximum Gasteiger partial charge on any atom is 0.305 e. The van der Waals surface area contributed by atoms with Crippen molar-refractivity contribution in [2.75, 3.05) is 0 Å². The highest BCUT2D eigenvalue weighted by Crippen LogP contribution is 2.01. The average molecular weight is 236 g/mol. The number of aliphatic carboxylic acids is 1. The van der Waals surface area contributed by atoms with Gasteiger partial charge in [-0.2, -0.15) is 0 Å². The number of rotatable bonds is 6. The number of aryl methyl sites for hydroxylation is 1. The molecule has 0 saturated carbocycles. The molecule has 0 aromatic carbocycles. The van der Waals surface area contributed by atoms with Gasteiger partial charge in [0.2, 0.25) is 5.91 Å². The van der Waals surface area contributed by atoms with E-state index in [0.717, 1.165) is 5.56 Å². The highest BCUT2D eigenvalue weighted by molar-refractivity contribution is 5.77. The number of carboxylic acids is 1.